The minimum Gasteiger partial charge on any atom is -0.365 e. The molecule has 1 aromatic carbocycles. The van der Waals surface area contributed by atoms with Crippen molar-refractivity contribution in [3.63, 3.8) is 0 Å². The normalized spacial score (nSPS) is 11.8. The van der Waals surface area contributed by atoms with Crippen molar-refractivity contribution in [3.05, 3.63) is 48.5 Å². The summed E-state index contributed by atoms with van der Waals surface area (Å²) in [6.07, 6.45) is 4.54. The van der Waals surface area contributed by atoms with Gasteiger partial charge in [0.1, 0.15) is 0 Å². The Kier molecular flexibility index (Phi) is 3.98. The molecule has 1 atom stereocenters. The molecular formula is C14H16N4. The highest BCUT2D eigenvalue weighted by molar-refractivity contribution is 5.46. The third kappa shape index (κ3) is 2.69. The molecule has 4 heteroatoms. The van der Waals surface area contributed by atoms with E-state index in [1.54, 1.807) is 12.5 Å². The van der Waals surface area contributed by atoms with Crippen molar-refractivity contribution in [2.75, 3.05) is 5.32 Å². The van der Waals surface area contributed by atoms with Crippen LogP contribution in [0.4, 0.5) is 5.69 Å². The highest BCUT2D eigenvalue weighted by Gasteiger charge is 2.14. The van der Waals surface area contributed by atoms with Crippen LogP contribution in [0, 0.1) is 11.3 Å². The van der Waals surface area contributed by atoms with Crippen molar-refractivity contribution >= 4 is 5.69 Å². The van der Waals surface area contributed by atoms with E-state index in [1.165, 1.54) is 0 Å². The van der Waals surface area contributed by atoms with Gasteiger partial charge in [-0.1, -0.05) is 25.1 Å². The van der Waals surface area contributed by atoms with E-state index >= 15 is 0 Å². The van der Waals surface area contributed by atoms with Crippen LogP contribution in [0.2, 0.25) is 0 Å². The summed E-state index contributed by atoms with van der Waals surface area (Å²) in [5, 5.41) is 12.5. The molecule has 0 aliphatic carbocycles. The largest absolute Gasteiger partial charge is 0.365 e. The number of benzene rings is 1. The van der Waals surface area contributed by atoms with Crippen molar-refractivity contribution in [1.82, 2.24) is 9.55 Å². The second-order valence-corrected chi connectivity index (χ2v) is 4.08. The first kappa shape index (κ1) is 12.2. The molecule has 2 aromatic rings. The number of hydrogen-bond acceptors (Lipinski definition) is 3. The Labute approximate surface area is 107 Å². The third-order valence-electron chi connectivity index (χ3n) is 2.72. The Morgan fingerprint density at radius 1 is 1.39 bits per heavy atom. The van der Waals surface area contributed by atoms with E-state index in [0.717, 1.165) is 24.3 Å². The van der Waals surface area contributed by atoms with Crippen LogP contribution in [-0.4, -0.2) is 9.55 Å². The zero-order valence-electron chi connectivity index (χ0n) is 10.4. The van der Waals surface area contributed by atoms with Gasteiger partial charge in [-0.3, -0.25) is 0 Å². The average molecular weight is 240 g/mol. The van der Waals surface area contributed by atoms with Crippen molar-refractivity contribution in [2.24, 2.45) is 0 Å². The lowest BCUT2D eigenvalue weighted by Crippen LogP contribution is -2.13. The van der Waals surface area contributed by atoms with Gasteiger partial charge >= 0.3 is 0 Å². The predicted octanol–water partition coefficient (Wildman–Crippen LogP) is 2.97. The van der Waals surface area contributed by atoms with Crippen LogP contribution in [0.25, 0.3) is 0 Å². The van der Waals surface area contributed by atoms with Crippen LogP contribution >= 0.6 is 0 Å². The Morgan fingerprint density at radius 3 is 2.83 bits per heavy atom. The molecule has 1 heterocycles. The standard InChI is InChI=1S/C14H16N4/c1-2-8-18-11-16-10-14(18)13(9-15)17-12-6-4-3-5-7-12/h3-7,10-11,13,17H,2,8H2,1H3. The van der Waals surface area contributed by atoms with E-state index in [-0.39, 0.29) is 6.04 Å². The number of rotatable bonds is 5. The number of aryl methyl sites for hydroxylation is 1. The molecular weight excluding hydrogens is 224 g/mol. The molecule has 0 aliphatic rings. The molecule has 0 saturated carbocycles. The van der Waals surface area contributed by atoms with Crippen LogP contribution in [0.3, 0.4) is 0 Å². The maximum absolute atomic E-state index is 9.30. The predicted molar refractivity (Wildman–Crippen MR) is 70.9 cm³/mol. The van der Waals surface area contributed by atoms with E-state index in [2.05, 4.69) is 23.3 Å². The molecule has 1 N–H and O–H groups in total. The lowest BCUT2D eigenvalue weighted by molar-refractivity contribution is 0.640. The molecule has 4 nitrogen and oxygen atoms in total. The van der Waals surface area contributed by atoms with Gasteiger partial charge in [0.05, 0.1) is 24.3 Å². The smallest absolute Gasteiger partial charge is 0.156 e. The maximum Gasteiger partial charge on any atom is 0.156 e. The molecule has 1 unspecified atom stereocenters. The minimum absolute atomic E-state index is 0.374. The van der Waals surface area contributed by atoms with E-state index in [9.17, 15) is 5.26 Å². The summed E-state index contributed by atoms with van der Waals surface area (Å²) in [6, 6.07) is 11.6. The van der Waals surface area contributed by atoms with Gasteiger partial charge in [-0.15, -0.1) is 0 Å². The molecule has 92 valence electrons. The van der Waals surface area contributed by atoms with Crippen LogP contribution in [0.5, 0.6) is 0 Å². The first-order chi connectivity index (χ1) is 8.85. The molecule has 0 spiro atoms. The van der Waals surface area contributed by atoms with Gasteiger partial charge in [-0.25, -0.2) is 4.98 Å². The first-order valence-corrected chi connectivity index (χ1v) is 6.06. The van der Waals surface area contributed by atoms with Crippen LogP contribution in [0.1, 0.15) is 25.1 Å². The monoisotopic (exact) mass is 240 g/mol. The van der Waals surface area contributed by atoms with Gasteiger partial charge in [0, 0.05) is 12.2 Å². The van der Waals surface area contributed by atoms with Gasteiger partial charge in [0.2, 0.25) is 0 Å². The number of anilines is 1. The summed E-state index contributed by atoms with van der Waals surface area (Å²) in [4.78, 5) is 4.12. The van der Waals surface area contributed by atoms with Crippen LogP contribution in [0.15, 0.2) is 42.9 Å². The third-order valence-corrected chi connectivity index (χ3v) is 2.72. The fourth-order valence-corrected chi connectivity index (χ4v) is 1.87. The van der Waals surface area contributed by atoms with E-state index in [1.807, 2.05) is 34.9 Å². The van der Waals surface area contributed by atoms with Gasteiger partial charge in [-0.2, -0.15) is 5.26 Å². The molecule has 0 bridgehead atoms. The summed E-state index contributed by atoms with van der Waals surface area (Å²) in [6.45, 7) is 2.99. The highest BCUT2D eigenvalue weighted by Crippen LogP contribution is 2.18. The fourth-order valence-electron chi connectivity index (χ4n) is 1.87. The number of para-hydroxylation sites is 1. The molecule has 1 aromatic heterocycles. The van der Waals surface area contributed by atoms with Crippen molar-refractivity contribution in [2.45, 2.75) is 25.9 Å². The van der Waals surface area contributed by atoms with Gasteiger partial charge in [0.25, 0.3) is 0 Å². The molecule has 0 amide bonds. The number of nitriles is 1. The molecule has 0 aliphatic heterocycles. The SMILES string of the molecule is CCCn1cncc1C(C#N)Nc1ccccc1. The van der Waals surface area contributed by atoms with E-state index in [4.69, 9.17) is 0 Å². The number of nitrogens with one attached hydrogen (secondary N) is 1. The summed E-state index contributed by atoms with van der Waals surface area (Å²) in [5.41, 5.74) is 1.84. The van der Waals surface area contributed by atoms with Gasteiger partial charge in [-0.05, 0) is 18.6 Å². The van der Waals surface area contributed by atoms with Gasteiger partial charge in [0.15, 0.2) is 6.04 Å². The number of nitrogens with zero attached hydrogens (tertiary/aromatic N) is 3. The maximum atomic E-state index is 9.30. The molecule has 0 saturated heterocycles. The zero-order valence-corrected chi connectivity index (χ0v) is 10.4. The Morgan fingerprint density at radius 2 is 2.17 bits per heavy atom. The lowest BCUT2D eigenvalue weighted by atomic mass is 10.2. The molecule has 18 heavy (non-hydrogen) atoms. The Hall–Kier alpha value is -2.28. The molecule has 0 fully saturated rings. The first-order valence-electron chi connectivity index (χ1n) is 6.06. The Balaban J connectivity index is 2.19. The molecule has 0 radical (unpaired) electrons. The second kappa shape index (κ2) is 5.87. The minimum atomic E-state index is -0.374. The molecule has 2 rings (SSSR count). The zero-order chi connectivity index (χ0) is 12.8. The fraction of sp³-hybridized carbons (Fsp3) is 0.286. The van der Waals surface area contributed by atoms with E-state index in [0.29, 0.717) is 0 Å². The van der Waals surface area contributed by atoms with Crippen molar-refractivity contribution in [1.29, 1.82) is 5.26 Å². The summed E-state index contributed by atoms with van der Waals surface area (Å²) < 4.78 is 2.02. The van der Waals surface area contributed by atoms with Crippen molar-refractivity contribution in [3.8, 4) is 6.07 Å². The summed E-state index contributed by atoms with van der Waals surface area (Å²) >= 11 is 0. The lowest BCUT2D eigenvalue weighted by Gasteiger charge is -2.14. The summed E-state index contributed by atoms with van der Waals surface area (Å²) in [7, 11) is 0. The summed E-state index contributed by atoms with van der Waals surface area (Å²) in [5.74, 6) is 0. The average Bonchev–Trinajstić information content (AvgIpc) is 2.86. The van der Waals surface area contributed by atoms with Gasteiger partial charge < -0.3 is 9.88 Å². The van der Waals surface area contributed by atoms with Crippen LogP contribution < -0.4 is 5.32 Å². The van der Waals surface area contributed by atoms with Crippen LogP contribution in [-0.2, 0) is 6.54 Å². The quantitative estimate of drug-likeness (QED) is 0.874. The second-order valence-electron chi connectivity index (χ2n) is 4.08. The number of imidazole rings is 1. The van der Waals surface area contributed by atoms with Crippen molar-refractivity contribution < 1.29 is 0 Å². The number of aromatic nitrogens is 2. The number of hydrogen-bond donors (Lipinski definition) is 1. The highest BCUT2D eigenvalue weighted by atomic mass is 15.1. The van der Waals surface area contributed by atoms with E-state index < -0.39 is 0 Å². The Bertz CT molecular complexity index is 524. The topological polar surface area (TPSA) is 53.6 Å².